The average Bonchev–Trinajstić information content (AvgIpc) is 2.07. The Morgan fingerprint density at radius 2 is 1.47 bits per heavy atom. The van der Waals surface area contributed by atoms with Gasteiger partial charge in [0.15, 0.2) is 0 Å². The van der Waals surface area contributed by atoms with Gasteiger partial charge < -0.3 is 14.3 Å². The summed E-state index contributed by atoms with van der Waals surface area (Å²) in [7, 11) is -9.91. The van der Waals surface area contributed by atoms with Gasteiger partial charge in [0.25, 0.3) is 0 Å². The number of phosphoric ester groups is 2. The number of oxime groups is 1. The van der Waals surface area contributed by atoms with Crippen molar-refractivity contribution in [3.05, 3.63) is 0 Å². The van der Waals surface area contributed by atoms with E-state index in [0.29, 0.717) is 0 Å². The molecule has 11 nitrogen and oxygen atoms in total. The zero-order chi connectivity index (χ0) is 13.7. The molecule has 0 radical (unpaired) electrons. The Hall–Kier alpha value is -0.960. The van der Waals surface area contributed by atoms with Crippen LogP contribution in [0, 0.1) is 0 Å². The number of nitrogens with zero attached hydrogens (tertiary/aromatic N) is 1. The molecule has 0 saturated carbocycles. The van der Waals surface area contributed by atoms with E-state index in [1.54, 1.807) is 0 Å². The molecule has 0 saturated heterocycles. The smallest absolute Gasteiger partial charge is 0.408 e. The van der Waals surface area contributed by atoms with Crippen LogP contribution in [0.4, 0.5) is 0 Å². The van der Waals surface area contributed by atoms with Crippen molar-refractivity contribution in [3.63, 3.8) is 0 Å². The van der Waals surface area contributed by atoms with Crippen LogP contribution in [0.2, 0.25) is 0 Å². The summed E-state index contributed by atoms with van der Waals surface area (Å²) in [5.74, 6) is -2.23. The summed E-state index contributed by atoms with van der Waals surface area (Å²) in [5, 5.41) is 10.6. The second kappa shape index (κ2) is 6.10. The summed E-state index contributed by atoms with van der Waals surface area (Å²) in [6.07, 6.45) is -1.31. The Balaban J connectivity index is 4.23. The third kappa shape index (κ3) is 9.94. The third-order valence-electron chi connectivity index (χ3n) is 1.10. The van der Waals surface area contributed by atoms with Gasteiger partial charge in [-0.2, -0.15) is 0 Å². The van der Waals surface area contributed by atoms with Crippen LogP contribution in [0.25, 0.3) is 0 Å². The third-order valence-corrected chi connectivity index (χ3v) is 1.99. The molecule has 0 atom stereocenters. The van der Waals surface area contributed by atoms with E-state index in [1.807, 2.05) is 0 Å². The normalized spacial score (nSPS) is 13.3. The molecule has 0 aliphatic rings. The van der Waals surface area contributed by atoms with Crippen molar-refractivity contribution in [3.8, 4) is 0 Å². The van der Waals surface area contributed by atoms with E-state index in [4.69, 9.17) is 24.8 Å². The number of hydrogen-bond acceptors (Lipinski definition) is 7. The highest BCUT2D eigenvalue weighted by molar-refractivity contribution is 7.47. The molecule has 0 amide bonds. The van der Waals surface area contributed by atoms with E-state index in [-0.39, 0.29) is 0 Å². The first-order valence-corrected chi connectivity index (χ1v) is 6.83. The first-order valence-electron chi connectivity index (χ1n) is 3.77. The standard InChI is InChI=1S/C4H9NO10P2/c6-4(15-17(11,12)13)2-1-3(5-7)14-16(8,9)10/h7H,1-2H2,(H2,8,9,10)(H2,11,12,13)/b5-3-. The molecule has 0 fully saturated rings. The summed E-state index contributed by atoms with van der Waals surface area (Å²) >= 11 is 0. The zero-order valence-corrected chi connectivity index (χ0v) is 9.82. The van der Waals surface area contributed by atoms with Gasteiger partial charge in [-0.05, 0) is 0 Å². The predicted molar refractivity (Wildman–Crippen MR) is 49.7 cm³/mol. The number of carbonyl (C=O) groups excluding carboxylic acids is 1. The van der Waals surface area contributed by atoms with Crippen LogP contribution in [0.1, 0.15) is 12.8 Å². The van der Waals surface area contributed by atoms with Crippen molar-refractivity contribution in [2.45, 2.75) is 12.8 Å². The second-order valence-corrected chi connectivity index (χ2v) is 4.86. The molecule has 0 aliphatic heterocycles. The summed E-state index contributed by atoms with van der Waals surface area (Å²) in [5.41, 5.74) is 0. The first kappa shape index (κ1) is 16.0. The molecule has 0 aromatic heterocycles. The number of hydrogen-bond donors (Lipinski definition) is 5. The fourth-order valence-electron chi connectivity index (χ4n) is 0.638. The lowest BCUT2D eigenvalue weighted by Gasteiger charge is -2.08. The molecule has 100 valence electrons. The molecule has 5 N–H and O–H groups in total. The monoisotopic (exact) mass is 293 g/mol. The molecule has 0 aromatic carbocycles. The van der Waals surface area contributed by atoms with E-state index in [0.717, 1.165) is 0 Å². The Bertz CT molecular complexity index is 391. The molecule has 0 aromatic rings. The Kier molecular flexibility index (Phi) is 5.76. The van der Waals surface area contributed by atoms with E-state index in [9.17, 15) is 13.9 Å². The van der Waals surface area contributed by atoms with E-state index in [2.05, 4.69) is 14.2 Å². The molecule has 0 rings (SSSR count). The quantitative estimate of drug-likeness (QED) is 0.143. The van der Waals surface area contributed by atoms with Crippen molar-refractivity contribution in [1.29, 1.82) is 0 Å². The molecule has 0 heterocycles. The number of phosphoric acid groups is 2. The molecule has 17 heavy (non-hydrogen) atoms. The minimum Gasteiger partial charge on any atom is -0.408 e. The molecule has 13 heteroatoms. The maximum atomic E-state index is 10.7. The molecule has 0 spiro atoms. The van der Waals surface area contributed by atoms with Crippen LogP contribution in [0.5, 0.6) is 0 Å². The van der Waals surface area contributed by atoms with Crippen LogP contribution in [0.3, 0.4) is 0 Å². The van der Waals surface area contributed by atoms with Crippen LogP contribution in [0.15, 0.2) is 5.16 Å². The van der Waals surface area contributed by atoms with Crippen molar-refractivity contribution in [1.82, 2.24) is 0 Å². The maximum Gasteiger partial charge on any atom is 0.526 e. The van der Waals surface area contributed by atoms with Gasteiger partial charge in [0.05, 0.1) is 6.42 Å². The molecule has 0 unspecified atom stereocenters. The van der Waals surface area contributed by atoms with Gasteiger partial charge in [0.2, 0.25) is 5.90 Å². The van der Waals surface area contributed by atoms with Crippen molar-refractivity contribution in [2.24, 2.45) is 5.16 Å². The van der Waals surface area contributed by atoms with Gasteiger partial charge >= 0.3 is 21.6 Å². The van der Waals surface area contributed by atoms with Gasteiger partial charge in [-0.1, -0.05) is 5.16 Å². The summed E-state index contributed by atoms with van der Waals surface area (Å²) in [6, 6.07) is 0. The van der Waals surface area contributed by atoms with Crippen molar-refractivity contribution >= 4 is 27.5 Å². The molecule has 0 bridgehead atoms. The fraction of sp³-hybridized carbons (Fsp3) is 0.500. The van der Waals surface area contributed by atoms with Crippen LogP contribution < -0.4 is 0 Å². The maximum absolute atomic E-state index is 10.7. The van der Waals surface area contributed by atoms with Crippen molar-refractivity contribution < 1.29 is 47.8 Å². The topological polar surface area (TPSA) is 183 Å². The van der Waals surface area contributed by atoms with E-state index < -0.39 is 40.4 Å². The predicted octanol–water partition coefficient (Wildman–Crippen LogP) is -0.701. The lowest BCUT2D eigenvalue weighted by molar-refractivity contribution is -0.135. The minimum absolute atomic E-state index is 0.611. The van der Waals surface area contributed by atoms with Gasteiger partial charge in [0.1, 0.15) is 0 Å². The van der Waals surface area contributed by atoms with Gasteiger partial charge in [0, 0.05) is 6.42 Å². The zero-order valence-electron chi connectivity index (χ0n) is 8.03. The number of carbonyl (C=O) groups is 1. The first-order chi connectivity index (χ1) is 7.53. The minimum atomic E-state index is -4.98. The van der Waals surface area contributed by atoms with Crippen LogP contribution in [-0.4, -0.2) is 36.6 Å². The van der Waals surface area contributed by atoms with Crippen LogP contribution in [-0.2, 0) is 23.0 Å². The lowest BCUT2D eigenvalue weighted by Crippen LogP contribution is -2.09. The van der Waals surface area contributed by atoms with Crippen molar-refractivity contribution in [2.75, 3.05) is 0 Å². The lowest BCUT2D eigenvalue weighted by atomic mass is 10.3. The van der Waals surface area contributed by atoms with Gasteiger partial charge in [-0.25, -0.2) is 9.13 Å². The van der Waals surface area contributed by atoms with Gasteiger partial charge in [-0.15, -0.1) is 0 Å². The van der Waals surface area contributed by atoms with Gasteiger partial charge in [-0.3, -0.25) is 24.4 Å². The highest BCUT2D eigenvalue weighted by atomic mass is 31.2. The summed E-state index contributed by atoms with van der Waals surface area (Å²) in [6.45, 7) is 0. The SMILES string of the molecule is O=C(CC/C(=N/O)OP(=O)(O)O)OP(=O)(O)O. The summed E-state index contributed by atoms with van der Waals surface area (Å²) < 4.78 is 28.0. The fourth-order valence-corrected chi connectivity index (χ4v) is 1.40. The van der Waals surface area contributed by atoms with E-state index in [1.165, 1.54) is 0 Å². The molecular weight excluding hydrogens is 284 g/mol. The average molecular weight is 293 g/mol. The Labute approximate surface area is 94.1 Å². The highest BCUT2D eigenvalue weighted by Crippen LogP contribution is 2.38. The van der Waals surface area contributed by atoms with Crippen LogP contribution >= 0.6 is 15.6 Å². The molecular formula is C4H9NO10P2. The molecule has 0 aliphatic carbocycles. The summed E-state index contributed by atoms with van der Waals surface area (Å²) in [4.78, 5) is 43.9. The second-order valence-electron chi connectivity index (χ2n) is 2.53. The highest BCUT2D eigenvalue weighted by Gasteiger charge is 2.23. The Morgan fingerprint density at radius 1 is 1.00 bits per heavy atom. The van der Waals surface area contributed by atoms with E-state index >= 15 is 0 Å². The number of rotatable bonds is 5. The largest absolute Gasteiger partial charge is 0.526 e. The Morgan fingerprint density at radius 3 is 1.82 bits per heavy atom.